The van der Waals surface area contributed by atoms with Gasteiger partial charge in [-0.05, 0) is 25.2 Å². The second-order valence-electron chi connectivity index (χ2n) is 5.56. The van der Waals surface area contributed by atoms with Crippen molar-refractivity contribution in [3.05, 3.63) is 71.8 Å². The van der Waals surface area contributed by atoms with Gasteiger partial charge in [0.2, 0.25) is 5.60 Å². The number of methoxy groups -OCH3 is 1. The molecule has 0 heterocycles. The van der Waals surface area contributed by atoms with E-state index in [9.17, 15) is 4.79 Å². The number of carbonyl (C=O) groups is 1. The summed E-state index contributed by atoms with van der Waals surface area (Å²) < 4.78 is 11.3. The van der Waals surface area contributed by atoms with Gasteiger partial charge in [0, 0.05) is 13.7 Å². The Balaban J connectivity index is 2.40. The fraction of sp³-hybridized carbons (Fsp3) is 0.316. The van der Waals surface area contributed by atoms with Crippen LogP contribution < -0.4 is 0 Å². The highest BCUT2D eigenvalue weighted by atomic mass is 16.6. The van der Waals surface area contributed by atoms with Gasteiger partial charge in [-0.15, -0.1) is 0 Å². The third-order valence-electron chi connectivity index (χ3n) is 3.73. The highest BCUT2D eigenvalue weighted by Crippen LogP contribution is 2.34. The van der Waals surface area contributed by atoms with Crippen LogP contribution in [0.25, 0.3) is 0 Å². The summed E-state index contributed by atoms with van der Waals surface area (Å²) in [6.45, 7) is 0.978. The molecule has 0 saturated carbocycles. The molecule has 0 atom stereocenters. The molecule has 0 radical (unpaired) electrons. The highest BCUT2D eigenvalue weighted by Gasteiger charge is 2.44. The summed E-state index contributed by atoms with van der Waals surface area (Å²) in [6.07, 6.45) is 0. The molecule has 0 aliphatic carbocycles. The van der Waals surface area contributed by atoms with Crippen LogP contribution in [0.4, 0.5) is 0 Å². The van der Waals surface area contributed by atoms with Crippen LogP contribution in [0, 0.1) is 0 Å². The van der Waals surface area contributed by atoms with E-state index in [1.165, 1.54) is 7.11 Å². The van der Waals surface area contributed by atoms with Crippen molar-refractivity contribution in [2.45, 2.75) is 5.60 Å². The maximum Gasteiger partial charge on any atom is 0.347 e. The molecular weight excluding hydrogens is 290 g/mol. The Kier molecular flexibility index (Phi) is 5.90. The van der Waals surface area contributed by atoms with Crippen molar-refractivity contribution in [3.8, 4) is 0 Å². The fourth-order valence-corrected chi connectivity index (χ4v) is 2.49. The summed E-state index contributed by atoms with van der Waals surface area (Å²) in [5.41, 5.74) is 0.251. The summed E-state index contributed by atoms with van der Waals surface area (Å²) >= 11 is 0. The first-order valence-corrected chi connectivity index (χ1v) is 7.59. The smallest absolute Gasteiger partial charge is 0.347 e. The Morgan fingerprint density at radius 1 is 0.957 bits per heavy atom. The first kappa shape index (κ1) is 17.2. The number of carbonyl (C=O) groups excluding carboxylic acids is 1. The van der Waals surface area contributed by atoms with Crippen LogP contribution >= 0.6 is 0 Å². The molecule has 0 bridgehead atoms. The summed E-state index contributed by atoms with van der Waals surface area (Å²) in [6, 6.07) is 18.9. The highest BCUT2D eigenvalue weighted by molar-refractivity contribution is 5.85. The lowest BCUT2D eigenvalue weighted by molar-refractivity contribution is -0.165. The molecule has 23 heavy (non-hydrogen) atoms. The lowest BCUT2D eigenvalue weighted by Gasteiger charge is -2.31. The molecule has 0 aliphatic heterocycles. The van der Waals surface area contributed by atoms with E-state index in [0.29, 0.717) is 13.2 Å². The van der Waals surface area contributed by atoms with Gasteiger partial charge in [0.25, 0.3) is 0 Å². The number of ether oxygens (including phenoxy) is 2. The Hall–Kier alpha value is -2.17. The summed E-state index contributed by atoms with van der Waals surface area (Å²) in [5, 5.41) is 0. The molecule has 0 aromatic heterocycles. The number of esters is 1. The molecule has 0 N–H and O–H groups in total. The molecule has 2 aromatic carbocycles. The monoisotopic (exact) mass is 313 g/mol. The van der Waals surface area contributed by atoms with Gasteiger partial charge in [0.05, 0.1) is 0 Å². The van der Waals surface area contributed by atoms with Gasteiger partial charge < -0.3 is 14.4 Å². The zero-order chi connectivity index (χ0) is 16.7. The lowest BCUT2D eigenvalue weighted by Crippen LogP contribution is -2.41. The van der Waals surface area contributed by atoms with Crippen LogP contribution in [-0.4, -0.2) is 45.2 Å². The van der Waals surface area contributed by atoms with Gasteiger partial charge >= 0.3 is 5.97 Å². The van der Waals surface area contributed by atoms with Crippen molar-refractivity contribution < 1.29 is 14.3 Å². The van der Waals surface area contributed by atoms with E-state index in [-0.39, 0.29) is 0 Å². The van der Waals surface area contributed by atoms with Crippen molar-refractivity contribution in [3.63, 3.8) is 0 Å². The van der Waals surface area contributed by atoms with Gasteiger partial charge in [-0.25, -0.2) is 4.79 Å². The van der Waals surface area contributed by atoms with E-state index < -0.39 is 11.6 Å². The largest absolute Gasteiger partial charge is 0.462 e. The van der Waals surface area contributed by atoms with E-state index in [0.717, 1.165) is 11.1 Å². The Morgan fingerprint density at radius 2 is 1.43 bits per heavy atom. The average Bonchev–Trinajstić information content (AvgIpc) is 2.58. The first-order chi connectivity index (χ1) is 11.1. The number of nitrogens with zero attached hydrogens (tertiary/aromatic N) is 1. The van der Waals surface area contributed by atoms with E-state index in [1.54, 1.807) is 0 Å². The normalized spacial score (nSPS) is 11.5. The van der Waals surface area contributed by atoms with E-state index >= 15 is 0 Å². The van der Waals surface area contributed by atoms with Crippen molar-refractivity contribution >= 4 is 5.97 Å². The number of hydrogen-bond donors (Lipinski definition) is 0. The second-order valence-corrected chi connectivity index (χ2v) is 5.56. The van der Waals surface area contributed by atoms with Gasteiger partial charge in [-0.2, -0.15) is 0 Å². The predicted molar refractivity (Wildman–Crippen MR) is 90.2 cm³/mol. The van der Waals surface area contributed by atoms with Crippen LogP contribution in [0.15, 0.2) is 60.7 Å². The van der Waals surface area contributed by atoms with Crippen molar-refractivity contribution in [2.75, 3.05) is 34.4 Å². The standard InChI is InChI=1S/C19H23NO3/c1-20(2)14-15-23-18(21)19(22-3,16-10-6-4-7-11-16)17-12-8-5-9-13-17/h4-13H,14-15H2,1-3H3. The lowest BCUT2D eigenvalue weighted by atomic mass is 9.86. The molecule has 2 rings (SSSR count). The van der Waals surface area contributed by atoms with Gasteiger partial charge in [-0.3, -0.25) is 0 Å². The van der Waals surface area contributed by atoms with Crippen LogP contribution in [0.1, 0.15) is 11.1 Å². The molecule has 0 unspecified atom stereocenters. The summed E-state index contributed by atoms with van der Waals surface area (Å²) in [7, 11) is 5.41. The van der Waals surface area contributed by atoms with Crippen LogP contribution in [0.5, 0.6) is 0 Å². The minimum absolute atomic E-state index is 0.316. The zero-order valence-corrected chi connectivity index (χ0v) is 13.9. The average molecular weight is 313 g/mol. The summed E-state index contributed by atoms with van der Waals surface area (Å²) in [4.78, 5) is 14.9. The van der Waals surface area contributed by atoms with Crippen LogP contribution in [0.2, 0.25) is 0 Å². The summed E-state index contributed by atoms with van der Waals surface area (Å²) in [5.74, 6) is -0.403. The first-order valence-electron chi connectivity index (χ1n) is 7.59. The maximum atomic E-state index is 12.9. The quantitative estimate of drug-likeness (QED) is 0.737. The number of benzene rings is 2. The molecule has 122 valence electrons. The van der Waals surface area contributed by atoms with Crippen LogP contribution in [0.3, 0.4) is 0 Å². The molecule has 0 spiro atoms. The van der Waals surface area contributed by atoms with Crippen LogP contribution in [-0.2, 0) is 19.9 Å². The van der Waals surface area contributed by atoms with E-state index in [2.05, 4.69) is 0 Å². The van der Waals surface area contributed by atoms with Crippen molar-refractivity contribution in [2.24, 2.45) is 0 Å². The number of likely N-dealkylation sites (N-methyl/N-ethyl adjacent to an activating group) is 1. The predicted octanol–water partition coefficient (Wildman–Crippen LogP) is 2.68. The number of rotatable bonds is 7. The van der Waals surface area contributed by atoms with Crippen molar-refractivity contribution in [1.82, 2.24) is 4.90 Å². The van der Waals surface area contributed by atoms with Gasteiger partial charge in [0.1, 0.15) is 6.61 Å². The molecule has 0 fully saturated rings. The third kappa shape index (κ3) is 3.78. The fourth-order valence-electron chi connectivity index (χ4n) is 2.49. The molecule has 0 aliphatic rings. The van der Waals surface area contributed by atoms with Gasteiger partial charge in [0.15, 0.2) is 0 Å². The van der Waals surface area contributed by atoms with E-state index in [1.807, 2.05) is 79.7 Å². The molecular formula is C19H23NO3. The Labute approximate surface area is 137 Å². The molecule has 0 saturated heterocycles. The Morgan fingerprint density at radius 3 is 1.83 bits per heavy atom. The minimum atomic E-state index is -1.26. The third-order valence-corrected chi connectivity index (χ3v) is 3.73. The molecule has 4 nitrogen and oxygen atoms in total. The Bertz CT molecular complexity index is 572. The second kappa shape index (κ2) is 7.90. The van der Waals surface area contributed by atoms with Crippen molar-refractivity contribution in [1.29, 1.82) is 0 Å². The maximum absolute atomic E-state index is 12.9. The molecule has 4 heteroatoms. The van der Waals surface area contributed by atoms with Gasteiger partial charge in [-0.1, -0.05) is 60.7 Å². The number of hydrogen-bond acceptors (Lipinski definition) is 4. The topological polar surface area (TPSA) is 38.8 Å². The van der Waals surface area contributed by atoms with E-state index in [4.69, 9.17) is 9.47 Å². The molecule has 0 amide bonds. The zero-order valence-electron chi connectivity index (χ0n) is 13.9. The minimum Gasteiger partial charge on any atom is -0.462 e. The SMILES string of the molecule is COC(C(=O)OCCN(C)C)(c1ccccc1)c1ccccc1. The molecule has 2 aromatic rings.